The molecular formula is C19H28IN5O. The standard InChI is InChI=1S/C19H27N5O.HI/c1-20-19(21-12-15-8-10-23(2)13-15)22-16-9-11-24(14-16)17-6-4-5-7-18(17)25-3;/h4-8,10,13,16H,9,11-12,14H2,1-3H3,(H2,20,21,22);1H. The Morgan fingerprint density at radius 1 is 1.31 bits per heavy atom. The maximum absolute atomic E-state index is 5.48. The summed E-state index contributed by atoms with van der Waals surface area (Å²) in [7, 11) is 5.56. The number of rotatable bonds is 5. The molecule has 2 N–H and O–H groups in total. The first-order chi connectivity index (χ1) is 12.2. The second-order valence-electron chi connectivity index (χ2n) is 6.36. The topological polar surface area (TPSA) is 53.8 Å². The molecule has 3 rings (SSSR count). The molecule has 1 aliphatic heterocycles. The third-order valence-corrected chi connectivity index (χ3v) is 4.53. The maximum Gasteiger partial charge on any atom is 0.191 e. The van der Waals surface area contributed by atoms with Gasteiger partial charge in [0.1, 0.15) is 5.75 Å². The summed E-state index contributed by atoms with van der Waals surface area (Å²) in [6, 6.07) is 10.7. The molecular weight excluding hydrogens is 441 g/mol. The van der Waals surface area contributed by atoms with E-state index in [1.54, 1.807) is 7.11 Å². The van der Waals surface area contributed by atoms with E-state index in [-0.39, 0.29) is 24.0 Å². The lowest BCUT2D eigenvalue weighted by molar-refractivity contribution is 0.415. The molecule has 142 valence electrons. The number of anilines is 1. The summed E-state index contributed by atoms with van der Waals surface area (Å²) in [5.41, 5.74) is 2.40. The van der Waals surface area contributed by atoms with Crippen molar-refractivity contribution >= 4 is 35.6 Å². The summed E-state index contributed by atoms with van der Waals surface area (Å²) in [4.78, 5) is 6.71. The molecule has 1 atom stereocenters. The van der Waals surface area contributed by atoms with E-state index in [4.69, 9.17) is 4.74 Å². The van der Waals surface area contributed by atoms with E-state index in [0.29, 0.717) is 6.04 Å². The van der Waals surface area contributed by atoms with Gasteiger partial charge in [0.2, 0.25) is 0 Å². The van der Waals surface area contributed by atoms with Gasteiger partial charge < -0.3 is 24.8 Å². The number of para-hydroxylation sites is 2. The molecule has 0 amide bonds. The van der Waals surface area contributed by atoms with Crippen LogP contribution in [0.2, 0.25) is 0 Å². The number of nitrogens with zero attached hydrogens (tertiary/aromatic N) is 3. The van der Waals surface area contributed by atoms with Crippen molar-refractivity contribution in [3.8, 4) is 5.75 Å². The second-order valence-corrected chi connectivity index (χ2v) is 6.36. The van der Waals surface area contributed by atoms with E-state index < -0.39 is 0 Å². The van der Waals surface area contributed by atoms with Crippen LogP contribution in [-0.2, 0) is 13.6 Å². The Morgan fingerprint density at radius 2 is 2.12 bits per heavy atom. The van der Waals surface area contributed by atoms with Gasteiger partial charge in [-0.05, 0) is 30.2 Å². The van der Waals surface area contributed by atoms with Crippen LogP contribution in [0.3, 0.4) is 0 Å². The number of aromatic nitrogens is 1. The van der Waals surface area contributed by atoms with E-state index in [0.717, 1.165) is 43.5 Å². The van der Waals surface area contributed by atoms with Gasteiger partial charge in [-0.25, -0.2) is 0 Å². The summed E-state index contributed by atoms with van der Waals surface area (Å²) >= 11 is 0. The molecule has 7 heteroatoms. The summed E-state index contributed by atoms with van der Waals surface area (Å²) in [6.07, 6.45) is 5.23. The number of aliphatic imine (C=N–C) groups is 1. The van der Waals surface area contributed by atoms with Crippen molar-refractivity contribution in [1.29, 1.82) is 0 Å². The first-order valence-electron chi connectivity index (χ1n) is 8.65. The van der Waals surface area contributed by atoms with Gasteiger partial charge in [-0.15, -0.1) is 24.0 Å². The molecule has 6 nitrogen and oxygen atoms in total. The van der Waals surface area contributed by atoms with Crippen LogP contribution in [0.1, 0.15) is 12.0 Å². The zero-order valence-electron chi connectivity index (χ0n) is 15.6. The molecule has 1 fully saturated rings. The molecule has 2 aromatic rings. The van der Waals surface area contributed by atoms with Gasteiger partial charge in [0.15, 0.2) is 5.96 Å². The van der Waals surface area contributed by atoms with Crippen molar-refractivity contribution < 1.29 is 4.74 Å². The summed E-state index contributed by atoms with van der Waals surface area (Å²) in [5.74, 6) is 1.77. The minimum Gasteiger partial charge on any atom is -0.495 e. The predicted molar refractivity (Wildman–Crippen MR) is 118 cm³/mol. The van der Waals surface area contributed by atoms with Crippen molar-refractivity contribution in [2.45, 2.75) is 19.0 Å². The number of halogens is 1. The molecule has 1 saturated heterocycles. The lowest BCUT2D eigenvalue weighted by atomic mass is 10.2. The number of hydrogen-bond acceptors (Lipinski definition) is 3. The van der Waals surface area contributed by atoms with Crippen LogP contribution < -0.4 is 20.3 Å². The summed E-state index contributed by atoms with van der Waals surface area (Å²) in [5, 5.41) is 6.91. The molecule has 26 heavy (non-hydrogen) atoms. The van der Waals surface area contributed by atoms with Crippen LogP contribution in [0.15, 0.2) is 47.7 Å². The first kappa shape index (κ1) is 20.4. The van der Waals surface area contributed by atoms with Gasteiger partial charge >= 0.3 is 0 Å². The van der Waals surface area contributed by atoms with Gasteiger partial charge in [-0.3, -0.25) is 4.99 Å². The van der Waals surface area contributed by atoms with Crippen LogP contribution >= 0.6 is 24.0 Å². The molecule has 0 aliphatic carbocycles. The normalized spacial score (nSPS) is 17.0. The molecule has 0 bridgehead atoms. The fourth-order valence-electron chi connectivity index (χ4n) is 3.23. The van der Waals surface area contributed by atoms with Crippen molar-refractivity contribution in [1.82, 2.24) is 15.2 Å². The Hall–Kier alpha value is -1.90. The first-order valence-corrected chi connectivity index (χ1v) is 8.65. The van der Waals surface area contributed by atoms with E-state index in [1.807, 2.05) is 26.2 Å². The number of methoxy groups -OCH3 is 1. The zero-order valence-corrected chi connectivity index (χ0v) is 17.9. The largest absolute Gasteiger partial charge is 0.495 e. The Balaban J connectivity index is 0.00000243. The van der Waals surface area contributed by atoms with E-state index in [2.05, 4.69) is 55.7 Å². The van der Waals surface area contributed by atoms with Crippen LogP contribution in [0, 0.1) is 0 Å². The fourth-order valence-corrected chi connectivity index (χ4v) is 3.23. The van der Waals surface area contributed by atoms with Crippen LogP contribution in [0.4, 0.5) is 5.69 Å². The lowest BCUT2D eigenvalue weighted by Gasteiger charge is -2.22. The van der Waals surface area contributed by atoms with E-state index >= 15 is 0 Å². The molecule has 1 aromatic heterocycles. The highest BCUT2D eigenvalue weighted by atomic mass is 127. The van der Waals surface area contributed by atoms with Crippen molar-refractivity contribution in [3.05, 3.63) is 48.3 Å². The van der Waals surface area contributed by atoms with Gasteiger partial charge in [-0.1, -0.05) is 12.1 Å². The number of ether oxygens (including phenoxy) is 1. The molecule has 0 radical (unpaired) electrons. The van der Waals surface area contributed by atoms with Crippen molar-refractivity contribution in [3.63, 3.8) is 0 Å². The van der Waals surface area contributed by atoms with Crippen LogP contribution in [0.25, 0.3) is 0 Å². The SMILES string of the molecule is CN=C(NCc1ccn(C)c1)NC1CCN(c2ccccc2OC)C1.I. The molecule has 1 aliphatic rings. The number of nitrogens with one attached hydrogen (secondary N) is 2. The predicted octanol–water partition coefficient (Wildman–Crippen LogP) is 2.60. The van der Waals surface area contributed by atoms with E-state index in [9.17, 15) is 0 Å². The van der Waals surface area contributed by atoms with Gasteiger partial charge in [0.05, 0.1) is 12.8 Å². The zero-order chi connectivity index (χ0) is 17.6. The average molecular weight is 469 g/mol. The van der Waals surface area contributed by atoms with Gasteiger partial charge in [-0.2, -0.15) is 0 Å². The monoisotopic (exact) mass is 469 g/mol. The van der Waals surface area contributed by atoms with Crippen molar-refractivity contribution in [2.75, 3.05) is 32.1 Å². The molecule has 2 heterocycles. The average Bonchev–Trinajstić information content (AvgIpc) is 3.27. The highest BCUT2D eigenvalue weighted by Crippen LogP contribution is 2.30. The highest BCUT2D eigenvalue weighted by Gasteiger charge is 2.25. The Bertz CT molecular complexity index is 730. The lowest BCUT2D eigenvalue weighted by Crippen LogP contribution is -2.44. The maximum atomic E-state index is 5.48. The third kappa shape index (κ3) is 5.06. The van der Waals surface area contributed by atoms with Crippen molar-refractivity contribution in [2.24, 2.45) is 12.0 Å². The highest BCUT2D eigenvalue weighted by molar-refractivity contribution is 14.0. The second kappa shape index (κ2) is 9.70. The summed E-state index contributed by atoms with van der Waals surface area (Å²) < 4.78 is 7.54. The molecule has 1 unspecified atom stereocenters. The number of aryl methyl sites for hydroxylation is 1. The fraction of sp³-hybridized carbons (Fsp3) is 0.421. The van der Waals surface area contributed by atoms with Crippen LogP contribution in [-0.4, -0.2) is 43.8 Å². The smallest absolute Gasteiger partial charge is 0.191 e. The minimum atomic E-state index is 0. The number of benzene rings is 1. The third-order valence-electron chi connectivity index (χ3n) is 4.53. The van der Waals surface area contributed by atoms with Gasteiger partial charge in [0, 0.05) is 52.2 Å². The quantitative estimate of drug-likeness (QED) is 0.402. The number of hydrogen-bond donors (Lipinski definition) is 2. The molecule has 0 saturated carbocycles. The summed E-state index contributed by atoms with van der Waals surface area (Å²) in [6.45, 7) is 2.71. The van der Waals surface area contributed by atoms with Crippen LogP contribution in [0.5, 0.6) is 5.75 Å². The molecule has 1 aromatic carbocycles. The van der Waals surface area contributed by atoms with E-state index in [1.165, 1.54) is 5.56 Å². The minimum absolute atomic E-state index is 0. The van der Waals surface area contributed by atoms with Gasteiger partial charge in [0.25, 0.3) is 0 Å². The number of guanidine groups is 1. The Kier molecular flexibility index (Phi) is 7.62. The molecule has 0 spiro atoms. The Labute approximate surface area is 172 Å². The Morgan fingerprint density at radius 3 is 2.81 bits per heavy atom.